The van der Waals surface area contributed by atoms with Crippen LogP contribution in [0.15, 0.2) is 29.8 Å². The van der Waals surface area contributed by atoms with Gasteiger partial charge in [-0.15, -0.1) is 11.3 Å². The van der Waals surface area contributed by atoms with Gasteiger partial charge in [-0.2, -0.15) is 0 Å². The molecule has 2 atom stereocenters. The summed E-state index contributed by atoms with van der Waals surface area (Å²) in [6, 6.07) is 8.91. The van der Waals surface area contributed by atoms with Crippen molar-refractivity contribution < 1.29 is 9.59 Å². The van der Waals surface area contributed by atoms with Gasteiger partial charge in [-0.3, -0.25) is 9.59 Å². The Morgan fingerprint density at radius 2 is 1.66 bits per heavy atom. The number of aryl methyl sites for hydroxylation is 2. The van der Waals surface area contributed by atoms with Crippen LogP contribution in [0.2, 0.25) is 0 Å². The first-order valence-electron chi connectivity index (χ1n) is 14.2. The number of carbonyl (C=O) groups is 2. The van der Waals surface area contributed by atoms with E-state index in [0.29, 0.717) is 6.04 Å². The smallest absolute Gasteiger partial charge is 0.210 e. The molecule has 6 heteroatoms. The fraction of sp³-hybridized carbons (Fsp3) is 0.656. The Bertz CT molecular complexity index is 868. The summed E-state index contributed by atoms with van der Waals surface area (Å²) in [6.07, 6.45) is 4.97. The minimum absolute atomic E-state index is 0.101. The van der Waals surface area contributed by atoms with Crippen molar-refractivity contribution in [2.24, 2.45) is 17.1 Å². The summed E-state index contributed by atoms with van der Waals surface area (Å²) in [5, 5.41) is 0. The van der Waals surface area contributed by atoms with Crippen molar-refractivity contribution in [2.75, 3.05) is 6.54 Å². The van der Waals surface area contributed by atoms with Gasteiger partial charge in [-0.25, -0.2) is 4.98 Å². The van der Waals surface area contributed by atoms with Crippen LogP contribution in [0.3, 0.4) is 0 Å². The molecule has 3 rings (SSSR count). The van der Waals surface area contributed by atoms with Crippen LogP contribution in [0.4, 0.5) is 0 Å². The van der Waals surface area contributed by atoms with Gasteiger partial charge >= 0.3 is 0 Å². The number of benzene rings is 1. The van der Waals surface area contributed by atoms with E-state index in [4.69, 9.17) is 5.73 Å². The Balaban J connectivity index is 0. The molecule has 5 nitrogen and oxygen atoms in total. The van der Waals surface area contributed by atoms with Crippen molar-refractivity contribution in [2.45, 2.75) is 121 Å². The van der Waals surface area contributed by atoms with E-state index in [1.54, 1.807) is 16.2 Å². The van der Waals surface area contributed by atoms with E-state index in [1.807, 2.05) is 26.3 Å². The summed E-state index contributed by atoms with van der Waals surface area (Å²) in [6.45, 7) is 25.6. The average Bonchev–Trinajstić information content (AvgIpc) is 3.55. The molecular weight excluding hydrogens is 490 g/mol. The number of aromatic nitrogens is 1. The summed E-state index contributed by atoms with van der Waals surface area (Å²) in [4.78, 5) is 28.2. The van der Waals surface area contributed by atoms with Crippen LogP contribution in [0.1, 0.15) is 107 Å². The molecule has 38 heavy (non-hydrogen) atoms. The summed E-state index contributed by atoms with van der Waals surface area (Å²) in [7, 11) is 0. The highest BCUT2D eigenvalue weighted by atomic mass is 32.1. The SMILES string of the molecule is CC.CC(=O)C1CCCN1C=O.CC(N)C(C)(C)C.CCC(C)C.CCc1ccc(-c2scnc2C)cc1. The lowest BCUT2D eigenvalue weighted by molar-refractivity contribution is -0.128. The Kier molecular flexibility index (Phi) is 20.9. The van der Waals surface area contributed by atoms with E-state index in [-0.39, 0.29) is 17.2 Å². The molecule has 1 aliphatic rings. The second kappa shape index (κ2) is 20.9. The normalized spacial score (nSPS) is 14.9. The Morgan fingerprint density at radius 1 is 1.16 bits per heavy atom. The van der Waals surface area contributed by atoms with Gasteiger partial charge in [0.1, 0.15) is 0 Å². The number of likely N-dealkylation sites (tertiary alicyclic amines) is 1. The average molecular weight is 548 g/mol. The fourth-order valence-corrected chi connectivity index (χ4v) is 3.63. The molecule has 2 unspecified atom stereocenters. The molecular formula is C32H57N3O2S. The molecule has 0 radical (unpaired) electrons. The van der Waals surface area contributed by atoms with Crippen molar-refractivity contribution in [3.05, 3.63) is 41.0 Å². The van der Waals surface area contributed by atoms with E-state index in [0.717, 1.165) is 43.8 Å². The number of hydrogen-bond donors (Lipinski definition) is 1. The molecule has 1 aromatic heterocycles. The van der Waals surface area contributed by atoms with Crippen LogP contribution in [-0.2, 0) is 16.0 Å². The number of carbonyl (C=O) groups excluding carboxylic acids is 2. The van der Waals surface area contributed by atoms with Gasteiger partial charge in [0.15, 0.2) is 5.78 Å². The van der Waals surface area contributed by atoms with Gasteiger partial charge in [0.2, 0.25) is 6.41 Å². The first kappa shape index (κ1) is 38.1. The molecule has 218 valence electrons. The molecule has 2 aromatic rings. The predicted molar refractivity (Wildman–Crippen MR) is 168 cm³/mol. The Morgan fingerprint density at radius 3 is 1.95 bits per heavy atom. The van der Waals surface area contributed by atoms with Crippen LogP contribution in [0.5, 0.6) is 0 Å². The van der Waals surface area contributed by atoms with Crippen LogP contribution < -0.4 is 5.73 Å². The van der Waals surface area contributed by atoms with Gasteiger partial charge in [0.25, 0.3) is 0 Å². The van der Waals surface area contributed by atoms with Gasteiger partial charge in [-0.05, 0) is 62.5 Å². The van der Waals surface area contributed by atoms with Crippen LogP contribution in [-0.4, -0.2) is 40.7 Å². The maximum Gasteiger partial charge on any atom is 0.210 e. The van der Waals surface area contributed by atoms with Crippen LogP contribution in [0, 0.1) is 18.3 Å². The summed E-state index contributed by atoms with van der Waals surface area (Å²) >= 11 is 1.70. The molecule has 0 spiro atoms. The summed E-state index contributed by atoms with van der Waals surface area (Å²) in [5.74, 6) is 0.986. The lowest BCUT2D eigenvalue weighted by atomic mass is 9.89. The van der Waals surface area contributed by atoms with Gasteiger partial charge < -0.3 is 10.6 Å². The van der Waals surface area contributed by atoms with Crippen molar-refractivity contribution >= 4 is 23.5 Å². The number of nitrogens with zero attached hydrogens (tertiary/aromatic N) is 2. The maximum atomic E-state index is 10.8. The molecule has 1 saturated heterocycles. The minimum atomic E-state index is -0.127. The van der Waals surface area contributed by atoms with Crippen LogP contribution >= 0.6 is 11.3 Å². The molecule has 0 saturated carbocycles. The van der Waals surface area contributed by atoms with E-state index >= 15 is 0 Å². The fourth-order valence-electron chi connectivity index (χ4n) is 2.82. The van der Waals surface area contributed by atoms with Crippen molar-refractivity contribution in [3.63, 3.8) is 0 Å². The molecule has 1 aliphatic heterocycles. The molecule has 0 aliphatic carbocycles. The van der Waals surface area contributed by atoms with Gasteiger partial charge in [0.05, 0.1) is 22.1 Å². The number of amides is 1. The topological polar surface area (TPSA) is 76.3 Å². The van der Waals surface area contributed by atoms with Gasteiger partial charge in [0, 0.05) is 12.6 Å². The number of rotatable bonds is 5. The molecule has 0 bridgehead atoms. The zero-order valence-corrected chi connectivity index (χ0v) is 27.2. The van der Waals surface area contributed by atoms with Crippen molar-refractivity contribution in [3.8, 4) is 10.4 Å². The van der Waals surface area contributed by atoms with Gasteiger partial charge in [-0.1, -0.05) is 93.0 Å². The van der Waals surface area contributed by atoms with E-state index in [9.17, 15) is 9.59 Å². The Labute approximate surface area is 238 Å². The first-order chi connectivity index (χ1) is 17.8. The van der Waals surface area contributed by atoms with Crippen molar-refractivity contribution in [1.82, 2.24) is 9.88 Å². The predicted octanol–water partition coefficient (Wildman–Crippen LogP) is 8.34. The molecule has 2 heterocycles. The number of hydrogen-bond acceptors (Lipinski definition) is 5. The molecule has 1 fully saturated rings. The zero-order chi connectivity index (χ0) is 29.9. The third-order valence-electron chi connectivity index (χ3n) is 6.45. The Hall–Kier alpha value is -2.05. The number of ketones is 1. The van der Waals surface area contributed by atoms with E-state index < -0.39 is 0 Å². The summed E-state index contributed by atoms with van der Waals surface area (Å²) in [5.41, 5.74) is 11.5. The highest BCUT2D eigenvalue weighted by Crippen LogP contribution is 2.27. The second-order valence-corrected chi connectivity index (χ2v) is 11.7. The third kappa shape index (κ3) is 16.0. The van der Waals surface area contributed by atoms with E-state index in [2.05, 4.69) is 84.6 Å². The monoisotopic (exact) mass is 547 g/mol. The largest absolute Gasteiger partial charge is 0.335 e. The second-order valence-electron chi connectivity index (χ2n) is 10.9. The number of nitrogens with two attached hydrogens (primary N) is 1. The molecule has 1 aromatic carbocycles. The van der Waals surface area contributed by atoms with E-state index in [1.165, 1.54) is 29.3 Å². The standard InChI is InChI=1S/C12H13NS.C7H11NO2.C6H15N.C5H12.C2H6/c1-3-10-4-6-11(7-5-10)12-9(2)13-8-14-12;1-6(10)7-3-2-4-8(7)5-9;1-5(7)6(2,3)4;1-4-5(2)3;1-2/h4-8H,3H2,1-2H3;5,7H,2-4H2,1H3;5H,7H2,1-4H3;5H,4H2,1-3H3;1-2H3. The molecule has 2 N–H and O–H groups in total. The quantitative estimate of drug-likeness (QED) is 0.382. The number of thiazole rings is 1. The first-order valence-corrected chi connectivity index (χ1v) is 15.1. The summed E-state index contributed by atoms with van der Waals surface area (Å²) < 4.78 is 0. The minimum Gasteiger partial charge on any atom is -0.335 e. The molecule has 1 amide bonds. The highest BCUT2D eigenvalue weighted by molar-refractivity contribution is 7.13. The zero-order valence-electron chi connectivity index (χ0n) is 26.4. The maximum absolute atomic E-state index is 10.8. The third-order valence-corrected chi connectivity index (χ3v) is 7.43. The lowest BCUT2D eigenvalue weighted by Gasteiger charge is -2.22. The lowest BCUT2D eigenvalue weighted by Crippen LogP contribution is -2.33. The van der Waals surface area contributed by atoms with Crippen LogP contribution in [0.25, 0.3) is 10.4 Å². The number of Topliss-reactive ketones (excluding diaryl/α,β-unsaturated/α-hetero) is 1. The highest BCUT2D eigenvalue weighted by Gasteiger charge is 2.26. The van der Waals surface area contributed by atoms with Crippen molar-refractivity contribution in [1.29, 1.82) is 0 Å².